The third-order valence-electron chi connectivity index (χ3n) is 2.67. The van der Waals surface area contributed by atoms with Crippen molar-refractivity contribution < 1.29 is 9.47 Å². The molecular formula is C14H15ClN2O2. The molecule has 1 aromatic carbocycles. The summed E-state index contributed by atoms with van der Waals surface area (Å²) in [5.41, 5.74) is 2.01. The Balaban J connectivity index is 2.05. The number of benzene rings is 1. The van der Waals surface area contributed by atoms with Gasteiger partial charge in [0.05, 0.1) is 14.2 Å². The van der Waals surface area contributed by atoms with E-state index < -0.39 is 0 Å². The Labute approximate surface area is 117 Å². The zero-order valence-corrected chi connectivity index (χ0v) is 11.6. The molecule has 0 bridgehead atoms. The van der Waals surface area contributed by atoms with Crippen LogP contribution in [0.15, 0.2) is 36.5 Å². The Kier molecular flexibility index (Phi) is 4.47. The average Bonchev–Trinajstić information content (AvgIpc) is 2.46. The van der Waals surface area contributed by atoms with Crippen LogP contribution in [-0.4, -0.2) is 19.2 Å². The van der Waals surface area contributed by atoms with Crippen LogP contribution >= 0.6 is 11.6 Å². The first-order valence-corrected chi connectivity index (χ1v) is 6.17. The van der Waals surface area contributed by atoms with Gasteiger partial charge in [-0.15, -0.1) is 0 Å². The summed E-state index contributed by atoms with van der Waals surface area (Å²) in [6, 6.07) is 9.39. The van der Waals surface area contributed by atoms with Crippen LogP contribution in [0.4, 0.5) is 5.69 Å². The molecule has 2 aromatic rings. The fourth-order valence-corrected chi connectivity index (χ4v) is 1.77. The second-order valence-electron chi connectivity index (χ2n) is 3.91. The number of nitrogens with one attached hydrogen (secondary N) is 1. The third-order valence-corrected chi connectivity index (χ3v) is 2.89. The number of aromatic nitrogens is 1. The van der Waals surface area contributed by atoms with Crippen LogP contribution in [0.25, 0.3) is 0 Å². The Hall–Kier alpha value is -1.94. The molecule has 100 valence electrons. The van der Waals surface area contributed by atoms with Gasteiger partial charge in [-0.2, -0.15) is 0 Å². The second kappa shape index (κ2) is 6.29. The Bertz CT molecular complexity index is 544. The summed E-state index contributed by atoms with van der Waals surface area (Å²) in [6.45, 7) is 0.666. The number of pyridine rings is 1. The molecule has 0 spiro atoms. The highest BCUT2D eigenvalue weighted by Gasteiger charge is 2.04. The standard InChI is InChI=1S/C14H15ClN2O2/c1-18-12-5-4-11(7-13(12)19-2)16-8-10-3-6-14(15)17-9-10/h3-7,9,16H,8H2,1-2H3. The molecule has 0 radical (unpaired) electrons. The first-order valence-electron chi connectivity index (χ1n) is 5.79. The minimum atomic E-state index is 0.495. The van der Waals surface area contributed by atoms with Crippen LogP contribution in [0.2, 0.25) is 5.15 Å². The molecule has 4 nitrogen and oxygen atoms in total. The number of nitrogens with zero attached hydrogens (tertiary/aromatic N) is 1. The summed E-state index contributed by atoms with van der Waals surface area (Å²) in [5, 5.41) is 3.78. The largest absolute Gasteiger partial charge is 0.493 e. The maximum atomic E-state index is 5.74. The van der Waals surface area contributed by atoms with Gasteiger partial charge in [0, 0.05) is 24.5 Å². The average molecular weight is 279 g/mol. The molecular weight excluding hydrogens is 264 g/mol. The predicted octanol–water partition coefficient (Wildman–Crippen LogP) is 3.36. The van der Waals surface area contributed by atoms with E-state index in [0.717, 1.165) is 11.3 Å². The number of hydrogen-bond acceptors (Lipinski definition) is 4. The number of hydrogen-bond donors (Lipinski definition) is 1. The molecule has 1 aromatic heterocycles. The molecule has 1 heterocycles. The Morgan fingerprint density at radius 3 is 2.53 bits per heavy atom. The molecule has 19 heavy (non-hydrogen) atoms. The molecule has 0 saturated heterocycles. The third kappa shape index (κ3) is 3.51. The van der Waals surface area contributed by atoms with Gasteiger partial charge in [0.2, 0.25) is 0 Å². The zero-order valence-electron chi connectivity index (χ0n) is 10.8. The highest BCUT2D eigenvalue weighted by molar-refractivity contribution is 6.29. The first kappa shape index (κ1) is 13.5. The fraction of sp³-hybridized carbons (Fsp3) is 0.214. The fourth-order valence-electron chi connectivity index (χ4n) is 1.66. The molecule has 0 amide bonds. The van der Waals surface area contributed by atoms with Crippen molar-refractivity contribution in [2.75, 3.05) is 19.5 Å². The summed E-state index contributed by atoms with van der Waals surface area (Å²) >= 11 is 5.74. The van der Waals surface area contributed by atoms with Crippen LogP contribution in [0, 0.1) is 0 Å². The van der Waals surface area contributed by atoms with Crippen molar-refractivity contribution in [1.29, 1.82) is 0 Å². The van der Waals surface area contributed by atoms with Gasteiger partial charge >= 0.3 is 0 Å². The van der Waals surface area contributed by atoms with Crippen molar-refractivity contribution in [3.63, 3.8) is 0 Å². The normalized spacial score (nSPS) is 10.1. The minimum Gasteiger partial charge on any atom is -0.493 e. The number of ether oxygens (including phenoxy) is 2. The lowest BCUT2D eigenvalue weighted by atomic mass is 10.2. The molecule has 0 atom stereocenters. The van der Waals surface area contributed by atoms with Gasteiger partial charge in [0.1, 0.15) is 5.15 Å². The maximum absolute atomic E-state index is 5.74. The van der Waals surface area contributed by atoms with Crippen LogP contribution in [-0.2, 0) is 6.54 Å². The van der Waals surface area contributed by atoms with Crippen molar-refractivity contribution in [2.24, 2.45) is 0 Å². The monoisotopic (exact) mass is 278 g/mol. The summed E-state index contributed by atoms with van der Waals surface area (Å²) in [7, 11) is 3.23. The molecule has 0 unspecified atom stereocenters. The lowest BCUT2D eigenvalue weighted by Crippen LogP contribution is -2.00. The smallest absolute Gasteiger partial charge is 0.162 e. The van der Waals surface area contributed by atoms with Gasteiger partial charge in [-0.05, 0) is 23.8 Å². The van der Waals surface area contributed by atoms with Crippen molar-refractivity contribution in [2.45, 2.75) is 6.54 Å². The Morgan fingerprint density at radius 1 is 1.11 bits per heavy atom. The van der Waals surface area contributed by atoms with Gasteiger partial charge in [0.25, 0.3) is 0 Å². The molecule has 2 rings (SSSR count). The van der Waals surface area contributed by atoms with Gasteiger partial charge in [-0.25, -0.2) is 4.98 Å². The Morgan fingerprint density at radius 2 is 1.89 bits per heavy atom. The number of methoxy groups -OCH3 is 2. The SMILES string of the molecule is COc1ccc(NCc2ccc(Cl)nc2)cc1OC. The van der Waals surface area contributed by atoms with Crippen molar-refractivity contribution in [1.82, 2.24) is 4.98 Å². The van der Waals surface area contributed by atoms with Crippen LogP contribution < -0.4 is 14.8 Å². The van der Waals surface area contributed by atoms with Crippen molar-refractivity contribution in [3.8, 4) is 11.5 Å². The van der Waals surface area contributed by atoms with Gasteiger partial charge in [-0.3, -0.25) is 0 Å². The summed E-state index contributed by atoms with van der Waals surface area (Å²) in [5.74, 6) is 1.41. The number of halogens is 1. The molecule has 0 saturated carbocycles. The highest BCUT2D eigenvalue weighted by Crippen LogP contribution is 2.29. The second-order valence-corrected chi connectivity index (χ2v) is 4.30. The topological polar surface area (TPSA) is 43.4 Å². The summed E-state index contributed by atoms with van der Waals surface area (Å²) in [4.78, 5) is 4.03. The molecule has 1 N–H and O–H groups in total. The van der Waals surface area contributed by atoms with E-state index in [1.165, 1.54) is 0 Å². The molecule has 0 aliphatic rings. The molecule has 0 aliphatic carbocycles. The minimum absolute atomic E-state index is 0.495. The van der Waals surface area contributed by atoms with Gasteiger partial charge < -0.3 is 14.8 Å². The summed E-state index contributed by atoms with van der Waals surface area (Å²) in [6.07, 6.45) is 1.75. The lowest BCUT2D eigenvalue weighted by molar-refractivity contribution is 0.355. The quantitative estimate of drug-likeness (QED) is 0.852. The van der Waals surface area contributed by atoms with Crippen LogP contribution in [0.1, 0.15) is 5.56 Å². The van der Waals surface area contributed by atoms with Crippen LogP contribution in [0.3, 0.4) is 0 Å². The molecule has 5 heteroatoms. The number of anilines is 1. The first-order chi connectivity index (χ1) is 9.22. The van der Waals surface area contributed by atoms with E-state index in [-0.39, 0.29) is 0 Å². The zero-order chi connectivity index (χ0) is 13.7. The molecule has 0 fully saturated rings. The van der Waals surface area contributed by atoms with E-state index in [1.54, 1.807) is 26.5 Å². The van der Waals surface area contributed by atoms with Gasteiger partial charge in [-0.1, -0.05) is 17.7 Å². The number of rotatable bonds is 5. The van der Waals surface area contributed by atoms with E-state index in [4.69, 9.17) is 21.1 Å². The lowest BCUT2D eigenvalue weighted by Gasteiger charge is -2.11. The van der Waals surface area contributed by atoms with E-state index in [9.17, 15) is 0 Å². The van der Waals surface area contributed by atoms with E-state index >= 15 is 0 Å². The summed E-state index contributed by atoms with van der Waals surface area (Å²) < 4.78 is 10.4. The highest BCUT2D eigenvalue weighted by atomic mass is 35.5. The maximum Gasteiger partial charge on any atom is 0.162 e. The van der Waals surface area contributed by atoms with E-state index in [1.807, 2.05) is 24.3 Å². The van der Waals surface area contributed by atoms with Crippen molar-refractivity contribution in [3.05, 3.63) is 47.2 Å². The molecule has 0 aliphatic heterocycles. The van der Waals surface area contributed by atoms with Gasteiger partial charge in [0.15, 0.2) is 11.5 Å². The van der Waals surface area contributed by atoms with E-state index in [0.29, 0.717) is 23.2 Å². The predicted molar refractivity (Wildman–Crippen MR) is 76.1 cm³/mol. The van der Waals surface area contributed by atoms with Crippen molar-refractivity contribution >= 4 is 17.3 Å². The van der Waals surface area contributed by atoms with E-state index in [2.05, 4.69) is 10.3 Å². The van der Waals surface area contributed by atoms with Crippen LogP contribution in [0.5, 0.6) is 11.5 Å².